The van der Waals surface area contributed by atoms with Crippen molar-refractivity contribution in [3.05, 3.63) is 65.2 Å². The number of ether oxygens (including phenoxy) is 2. The van der Waals surface area contributed by atoms with Crippen molar-refractivity contribution in [3.63, 3.8) is 0 Å². The van der Waals surface area contributed by atoms with Crippen LogP contribution in [0.5, 0.6) is 0 Å². The number of aryl methyl sites for hydroxylation is 1. The van der Waals surface area contributed by atoms with Gasteiger partial charge in [0.15, 0.2) is 11.0 Å². The van der Waals surface area contributed by atoms with Crippen molar-refractivity contribution in [2.75, 3.05) is 26.6 Å². The van der Waals surface area contributed by atoms with Crippen LogP contribution in [0.1, 0.15) is 21.5 Å². The Balaban J connectivity index is 1.60. The molecule has 0 fully saturated rings. The van der Waals surface area contributed by atoms with E-state index in [1.54, 1.807) is 31.4 Å². The highest BCUT2D eigenvalue weighted by Gasteiger charge is 2.16. The van der Waals surface area contributed by atoms with E-state index < -0.39 is 0 Å². The van der Waals surface area contributed by atoms with E-state index >= 15 is 0 Å². The SMILES string of the molecule is COCCn1c(SCC(=O)NCc2ccc(C(=O)OC)cc2)nnc1-c1cccc(C)c1. The Morgan fingerprint density at radius 2 is 1.88 bits per heavy atom. The van der Waals surface area contributed by atoms with Crippen molar-refractivity contribution >= 4 is 23.6 Å². The summed E-state index contributed by atoms with van der Waals surface area (Å²) in [7, 11) is 2.99. The van der Waals surface area contributed by atoms with Crippen molar-refractivity contribution < 1.29 is 19.1 Å². The lowest BCUT2D eigenvalue weighted by Crippen LogP contribution is -2.24. The van der Waals surface area contributed by atoms with Crippen LogP contribution >= 0.6 is 11.8 Å². The normalized spacial score (nSPS) is 10.7. The van der Waals surface area contributed by atoms with Crippen molar-refractivity contribution in [2.24, 2.45) is 0 Å². The van der Waals surface area contributed by atoms with Gasteiger partial charge in [-0.05, 0) is 30.7 Å². The van der Waals surface area contributed by atoms with Gasteiger partial charge in [-0.15, -0.1) is 10.2 Å². The quantitative estimate of drug-likeness (QED) is 0.371. The van der Waals surface area contributed by atoms with E-state index in [9.17, 15) is 9.59 Å². The molecule has 2 aromatic carbocycles. The minimum atomic E-state index is -0.389. The first kappa shape index (κ1) is 23.5. The van der Waals surface area contributed by atoms with Crippen LogP contribution in [0.15, 0.2) is 53.7 Å². The minimum Gasteiger partial charge on any atom is -0.465 e. The molecule has 1 amide bonds. The van der Waals surface area contributed by atoms with Crippen LogP contribution < -0.4 is 5.32 Å². The van der Waals surface area contributed by atoms with Gasteiger partial charge in [0.1, 0.15) is 0 Å². The molecule has 168 valence electrons. The number of thioether (sulfide) groups is 1. The molecule has 0 spiro atoms. The average molecular weight is 455 g/mol. The fraction of sp³-hybridized carbons (Fsp3) is 0.304. The lowest BCUT2D eigenvalue weighted by atomic mass is 10.1. The number of rotatable bonds is 10. The Kier molecular flexibility index (Phi) is 8.41. The van der Waals surface area contributed by atoms with Gasteiger partial charge in [0.05, 0.1) is 31.6 Å². The molecule has 0 saturated heterocycles. The molecule has 1 heterocycles. The number of amides is 1. The van der Waals surface area contributed by atoms with E-state index in [-0.39, 0.29) is 17.6 Å². The van der Waals surface area contributed by atoms with E-state index in [2.05, 4.69) is 26.3 Å². The summed E-state index contributed by atoms with van der Waals surface area (Å²) >= 11 is 1.33. The van der Waals surface area contributed by atoms with Crippen molar-refractivity contribution in [1.29, 1.82) is 0 Å². The van der Waals surface area contributed by atoms with E-state index in [1.807, 2.05) is 29.7 Å². The second kappa shape index (κ2) is 11.4. The summed E-state index contributed by atoms with van der Waals surface area (Å²) in [5.74, 6) is 0.448. The van der Waals surface area contributed by atoms with Gasteiger partial charge in [0, 0.05) is 19.2 Å². The molecule has 0 bridgehead atoms. The van der Waals surface area contributed by atoms with Crippen LogP contribution in [0, 0.1) is 6.92 Å². The molecule has 0 saturated carbocycles. The predicted molar refractivity (Wildman–Crippen MR) is 122 cm³/mol. The third-order valence-electron chi connectivity index (χ3n) is 4.71. The number of hydrogen-bond acceptors (Lipinski definition) is 7. The second-order valence-electron chi connectivity index (χ2n) is 7.07. The summed E-state index contributed by atoms with van der Waals surface area (Å²) in [6.45, 7) is 3.50. The lowest BCUT2D eigenvalue weighted by molar-refractivity contribution is -0.118. The van der Waals surface area contributed by atoms with Crippen LogP contribution in [-0.2, 0) is 27.4 Å². The lowest BCUT2D eigenvalue weighted by Gasteiger charge is -2.10. The number of nitrogens with zero attached hydrogens (tertiary/aromatic N) is 3. The molecule has 0 radical (unpaired) electrons. The second-order valence-corrected chi connectivity index (χ2v) is 8.02. The highest BCUT2D eigenvalue weighted by Crippen LogP contribution is 2.24. The van der Waals surface area contributed by atoms with Gasteiger partial charge >= 0.3 is 5.97 Å². The van der Waals surface area contributed by atoms with Gasteiger partial charge in [-0.3, -0.25) is 9.36 Å². The molecule has 0 aliphatic rings. The van der Waals surface area contributed by atoms with Crippen LogP contribution in [0.25, 0.3) is 11.4 Å². The van der Waals surface area contributed by atoms with Gasteiger partial charge in [0.25, 0.3) is 0 Å². The Labute approximate surface area is 191 Å². The molecule has 0 unspecified atom stereocenters. The molecule has 0 atom stereocenters. The predicted octanol–water partition coefficient (Wildman–Crippen LogP) is 3.10. The molecule has 32 heavy (non-hydrogen) atoms. The third kappa shape index (κ3) is 6.18. The fourth-order valence-electron chi connectivity index (χ4n) is 3.04. The zero-order valence-electron chi connectivity index (χ0n) is 18.3. The van der Waals surface area contributed by atoms with E-state index in [1.165, 1.54) is 18.9 Å². The highest BCUT2D eigenvalue weighted by atomic mass is 32.2. The number of hydrogen-bond donors (Lipinski definition) is 1. The molecule has 1 N–H and O–H groups in total. The molecule has 3 aromatic rings. The molecule has 3 rings (SSSR count). The van der Waals surface area contributed by atoms with Crippen LogP contribution in [0.3, 0.4) is 0 Å². The Bertz CT molecular complexity index is 1070. The van der Waals surface area contributed by atoms with Gasteiger partial charge in [-0.1, -0.05) is 47.7 Å². The first-order chi connectivity index (χ1) is 15.5. The monoisotopic (exact) mass is 454 g/mol. The van der Waals surface area contributed by atoms with Crippen molar-refractivity contribution in [1.82, 2.24) is 20.1 Å². The van der Waals surface area contributed by atoms with Crippen molar-refractivity contribution in [3.8, 4) is 11.4 Å². The number of methoxy groups -OCH3 is 2. The Hall–Kier alpha value is -3.17. The first-order valence-electron chi connectivity index (χ1n) is 10.1. The standard InChI is InChI=1S/C23H26N4O4S/c1-16-5-4-6-19(13-16)21-25-26-23(27(21)11-12-30-2)32-15-20(28)24-14-17-7-9-18(10-8-17)22(29)31-3/h4-10,13H,11-12,14-15H2,1-3H3,(H,24,28). The summed E-state index contributed by atoms with van der Waals surface area (Å²) in [5.41, 5.74) is 3.47. The molecule has 0 aliphatic carbocycles. The van der Waals surface area contributed by atoms with E-state index in [0.717, 1.165) is 22.5 Å². The van der Waals surface area contributed by atoms with Gasteiger partial charge < -0.3 is 14.8 Å². The number of benzene rings is 2. The molecule has 1 aromatic heterocycles. The summed E-state index contributed by atoms with van der Waals surface area (Å²) < 4.78 is 11.9. The van der Waals surface area contributed by atoms with Crippen LogP contribution in [0.4, 0.5) is 0 Å². The zero-order chi connectivity index (χ0) is 22.9. The number of nitrogens with one attached hydrogen (secondary N) is 1. The smallest absolute Gasteiger partial charge is 0.337 e. The first-order valence-corrected chi connectivity index (χ1v) is 11.1. The minimum absolute atomic E-state index is 0.120. The summed E-state index contributed by atoms with van der Waals surface area (Å²) in [6, 6.07) is 15.0. The zero-order valence-corrected chi connectivity index (χ0v) is 19.1. The summed E-state index contributed by atoms with van der Waals surface area (Å²) in [5, 5.41) is 12.2. The number of carbonyl (C=O) groups is 2. The molecule has 0 aliphatic heterocycles. The Morgan fingerprint density at radius 3 is 2.56 bits per heavy atom. The van der Waals surface area contributed by atoms with Gasteiger partial charge in [-0.25, -0.2) is 4.79 Å². The van der Waals surface area contributed by atoms with Gasteiger partial charge in [-0.2, -0.15) is 0 Å². The largest absolute Gasteiger partial charge is 0.465 e. The van der Waals surface area contributed by atoms with E-state index in [4.69, 9.17) is 4.74 Å². The molecule has 9 heteroatoms. The van der Waals surface area contributed by atoms with Crippen LogP contribution in [-0.4, -0.2) is 53.2 Å². The highest BCUT2D eigenvalue weighted by molar-refractivity contribution is 7.99. The summed E-state index contributed by atoms with van der Waals surface area (Å²) in [4.78, 5) is 23.9. The summed E-state index contributed by atoms with van der Waals surface area (Å²) in [6.07, 6.45) is 0. The van der Waals surface area contributed by atoms with Crippen LogP contribution in [0.2, 0.25) is 0 Å². The topological polar surface area (TPSA) is 95.3 Å². The molecular formula is C23H26N4O4S. The third-order valence-corrected chi connectivity index (χ3v) is 5.68. The van der Waals surface area contributed by atoms with Gasteiger partial charge in [0.2, 0.25) is 5.91 Å². The molecule has 8 nitrogen and oxygen atoms in total. The fourth-order valence-corrected chi connectivity index (χ4v) is 3.83. The van der Waals surface area contributed by atoms with E-state index in [0.29, 0.717) is 30.4 Å². The number of aromatic nitrogens is 3. The maximum atomic E-state index is 12.4. The maximum absolute atomic E-state index is 12.4. The number of carbonyl (C=O) groups excluding carboxylic acids is 2. The Morgan fingerprint density at radius 1 is 1.09 bits per heavy atom. The molecular weight excluding hydrogens is 428 g/mol. The average Bonchev–Trinajstić information content (AvgIpc) is 3.22. The number of esters is 1. The van der Waals surface area contributed by atoms with Crippen molar-refractivity contribution in [2.45, 2.75) is 25.2 Å². The maximum Gasteiger partial charge on any atom is 0.337 e.